The minimum Gasteiger partial charge on any atom is -0.497 e. The first kappa shape index (κ1) is 15.2. The second-order valence-corrected chi connectivity index (χ2v) is 4.39. The fourth-order valence-corrected chi connectivity index (χ4v) is 1.72. The molecule has 3 N–H and O–H groups in total. The van der Waals surface area contributed by atoms with Crippen LogP contribution >= 0.6 is 0 Å². The van der Waals surface area contributed by atoms with Gasteiger partial charge < -0.3 is 15.6 Å². The van der Waals surface area contributed by atoms with Crippen molar-refractivity contribution in [2.45, 2.75) is 31.7 Å². The summed E-state index contributed by atoms with van der Waals surface area (Å²) < 4.78 is 5.05. The molecule has 104 valence electrons. The standard InChI is InChI=1S/C14H19NO4/c1-19-12-7-5-10(6-8-12)3-2-4-11(16)9-13(15)14(17)18/h5-8,13H,2-4,9,15H2,1H3,(H,17,18). The smallest absolute Gasteiger partial charge is 0.320 e. The summed E-state index contributed by atoms with van der Waals surface area (Å²) in [6.45, 7) is 0. The summed E-state index contributed by atoms with van der Waals surface area (Å²) in [5, 5.41) is 8.59. The van der Waals surface area contributed by atoms with Crippen molar-refractivity contribution in [1.29, 1.82) is 0 Å². The number of ether oxygens (including phenoxy) is 1. The molecule has 0 amide bonds. The van der Waals surface area contributed by atoms with E-state index in [4.69, 9.17) is 15.6 Å². The van der Waals surface area contributed by atoms with Crippen molar-refractivity contribution in [1.82, 2.24) is 0 Å². The molecule has 0 radical (unpaired) electrons. The van der Waals surface area contributed by atoms with E-state index >= 15 is 0 Å². The van der Waals surface area contributed by atoms with Crippen LogP contribution < -0.4 is 10.5 Å². The third kappa shape index (κ3) is 5.52. The van der Waals surface area contributed by atoms with E-state index in [9.17, 15) is 9.59 Å². The first-order valence-electron chi connectivity index (χ1n) is 6.16. The maximum Gasteiger partial charge on any atom is 0.320 e. The van der Waals surface area contributed by atoms with Gasteiger partial charge in [0.2, 0.25) is 0 Å². The van der Waals surface area contributed by atoms with Gasteiger partial charge in [0.15, 0.2) is 0 Å². The quantitative estimate of drug-likeness (QED) is 0.741. The molecule has 0 aliphatic rings. The highest BCUT2D eigenvalue weighted by atomic mass is 16.5. The molecule has 0 bridgehead atoms. The number of methoxy groups -OCH3 is 1. The third-order valence-electron chi connectivity index (χ3n) is 2.84. The number of aliphatic carboxylic acids is 1. The molecular weight excluding hydrogens is 246 g/mol. The summed E-state index contributed by atoms with van der Waals surface area (Å²) in [6.07, 6.45) is 1.72. The first-order valence-corrected chi connectivity index (χ1v) is 6.16. The van der Waals surface area contributed by atoms with Crippen LogP contribution in [0.15, 0.2) is 24.3 Å². The molecule has 0 spiro atoms. The molecule has 19 heavy (non-hydrogen) atoms. The Morgan fingerprint density at radius 3 is 2.47 bits per heavy atom. The molecule has 1 aromatic carbocycles. The Bertz CT molecular complexity index is 428. The van der Waals surface area contributed by atoms with Crippen molar-refractivity contribution >= 4 is 11.8 Å². The highest BCUT2D eigenvalue weighted by Crippen LogP contribution is 2.13. The number of carboxylic acids is 1. The minimum atomic E-state index is -1.14. The highest BCUT2D eigenvalue weighted by Gasteiger charge is 2.15. The van der Waals surface area contributed by atoms with E-state index in [1.807, 2.05) is 24.3 Å². The van der Waals surface area contributed by atoms with E-state index in [0.29, 0.717) is 12.8 Å². The molecule has 0 aliphatic heterocycles. The van der Waals surface area contributed by atoms with E-state index in [2.05, 4.69) is 0 Å². The normalized spacial score (nSPS) is 11.9. The Labute approximate surface area is 112 Å². The number of hydrogen-bond acceptors (Lipinski definition) is 4. The van der Waals surface area contributed by atoms with E-state index < -0.39 is 12.0 Å². The van der Waals surface area contributed by atoms with Gasteiger partial charge in [0, 0.05) is 12.8 Å². The Morgan fingerprint density at radius 2 is 1.95 bits per heavy atom. The Morgan fingerprint density at radius 1 is 1.32 bits per heavy atom. The Kier molecular flexibility index (Phi) is 6.02. The van der Waals surface area contributed by atoms with Crippen molar-refractivity contribution in [3.05, 3.63) is 29.8 Å². The van der Waals surface area contributed by atoms with Gasteiger partial charge in [-0.15, -0.1) is 0 Å². The van der Waals surface area contributed by atoms with Crippen LogP contribution in [-0.4, -0.2) is 30.0 Å². The number of carbonyl (C=O) groups excluding carboxylic acids is 1. The van der Waals surface area contributed by atoms with Crippen LogP contribution in [-0.2, 0) is 16.0 Å². The topological polar surface area (TPSA) is 89.6 Å². The summed E-state index contributed by atoms with van der Waals surface area (Å²) in [4.78, 5) is 22.0. The van der Waals surface area contributed by atoms with Gasteiger partial charge in [-0.1, -0.05) is 12.1 Å². The predicted molar refractivity (Wildman–Crippen MR) is 71.2 cm³/mol. The fourth-order valence-electron chi connectivity index (χ4n) is 1.72. The maximum atomic E-state index is 11.5. The summed E-state index contributed by atoms with van der Waals surface area (Å²) in [7, 11) is 1.61. The van der Waals surface area contributed by atoms with Gasteiger partial charge in [0.25, 0.3) is 0 Å². The molecule has 1 rings (SSSR count). The number of nitrogens with two attached hydrogens (primary N) is 1. The summed E-state index contributed by atoms with van der Waals surface area (Å²) >= 11 is 0. The number of hydrogen-bond donors (Lipinski definition) is 2. The van der Waals surface area contributed by atoms with Gasteiger partial charge >= 0.3 is 5.97 Å². The number of carboxylic acid groups (broad SMARTS) is 1. The van der Waals surface area contributed by atoms with E-state index in [-0.39, 0.29) is 12.2 Å². The fraction of sp³-hybridized carbons (Fsp3) is 0.429. The second-order valence-electron chi connectivity index (χ2n) is 4.39. The van der Waals surface area contributed by atoms with Gasteiger partial charge in [-0.05, 0) is 30.5 Å². The van der Waals surface area contributed by atoms with Crippen molar-refractivity contribution in [3.8, 4) is 5.75 Å². The van der Waals surface area contributed by atoms with E-state index in [1.165, 1.54) is 0 Å². The Hall–Kier alpha value is -1.88. The summed E-state index contributed by atoms with van der Waals surface area (Å²) in [5.74, 6) is -0.445. The zero-order chi connectivity index (χ0) is 14.3. The van der Waals surface area contributed by atoms with E-state index in [0.717, 1.165) is 17.7 Å². The van der Waals surface area contributed by atoms with Gasteiger partial charge in [0.05, 0.1) is 7.11 Å². The lowest BCUT2D eigenvalue weighted by molar-refractivity contribution is -0.140. The van der Waals surface area contributed by atoms with Crippen LogP contribution in [0.1, 0.15) is 24.8 Å². The average Bonchev–Trinajstić information content (AvgIpc) is 2.39. The lowest BCUT2D eigenvalue weighted by Crippen LogP contribution is -2.32. The summed E-state index contributed by atoms with van der Waals surface area (Å²) in [6, 6.07) is 6.56. The van der Waals surface area contributed by atoms with Crippen LogP contribution in [0.4, 0.5) is 0 Å². The van der Waals surface area contributed by atoms with Gasteiger partial charge in [-0.2, -0.15) is 0 Å². The second kappa shape index (κ2) is 7.53. The molecule has 0 heterocycles. The van der Waals surface area contributed by atoms with Crippen molar-refractivity contribution < 1.29 is 19.4 Å². The molecule has 5 nitrogen and oxygen atoms in total. The van der Waals surface area contributed by atoms with Crippen molar-refractivity contribution in [2.75, 3.05) is 7.11 Å². The largest absolute Gasteiger partial charge is 0.497 e. The number of benzene rings is 1. The van der Waals surface area contributed by atoms with Gasteiger partial charge in [0.1, 0.15) is 17.6 Å². The molecule has 1 unspecified atom stereocenters. The molecule has 0 saturated carbocycles. The number of aryl methyl sites for hydroxylation is 1. The van der Waals surface area contributed by atoms with Crippen LogP contribution in [0.2, 0.25) is 0 Å². The monoisotopic (exact) mass is 265 g/mol. The lowest BCUT2D eigenvalue weighted by atomic mass is 10.0. The average molecular weight is 265 g/mol. The van der Waals surface area contributed by atoms with Crippen LogP contribution in [0.3, 0.4) is 0 Å². The molecule has 0 fully saturated rings. The number of Topliss-reactive ketones (excluding diaryl/α,β-unsaturated/α-hetero) is 1. The zero-order valence-electron chi connectivity index (χ0n) is 11.0. The Balaban J connectivity index is 2.29. The first-order chi connectivity index (χ1) is 9.02. The van der Waals surface area contributed by atoms with Crippen LogP contribution in [0.5, 0.6) is 5.75 Å². The molecule has 1 atom stereocenters. The summed E-state index contributed by atoms with van der Waals surface area (Å²) in [5.41, 5.74) is 6.42. The number of ketones is 1. The maximum absolute atomic E-state index is 11.5. The zero-order valence-corrected chi connectivity index (χ0v) is 11.0. The van der Waals surface area contributed by atoms with Gasteiger partial charge in [-0.3, -0.25) is 9.59 Å². The molecular formula is C14H19NO4. The minimum absolute atomic E-state index is 0.0993. The van der Waals surface area contributed by atoms with Crippen molar-refractivity contribution in [2.24, 2.45) is 5.73 Å². The molecule has 0 aliphatic carbocycles. The molecule has 5 heteroatoms. The third-order valence-corrected chi connectivity index (χ3v) is 2.84. The number of rotatable bonds is 8. The lowest BCUT2D eigenvalue weighted by Gasteiger charge is -2.06. The molecule has 1 aromatic rings. The molecule has 0 saturated heterocycles. The van der Waals surface area contributed by atoms with Crippen LogP contribution in [0.25, 0.3) is 0 Å². The van der Waals surface area contributed by atoms with Crippen molar-refractivity contribution in [3.63, 3.8) is 0 Å². The number of carbonyl (C=O) groups is 2. The van der Waals surface area contributed by atoms with Gasteiger partial charge in [-0.25, -0.2) is 0 Å². The predicted octanol–water partition coefficient (Wildman–Crippen LogP) is 1.39. The SMILES string of the molecule is COc1ccc(CCCC(=O)CC(N)C(=O)O)cc1. The van der Waals surface area contributed by atoms with Crippen LogP contribution in [0, 0.1) is 0 Å². The van der Waals surface area contributed by atoms with E-state index in [1.54, 1.807) is 7.11 Å². The highest BCUT2D eigenvalue weighted by molar-refractivity contribution is 5.85. The molecule has 0 aromatic heterocycles.